The molecule has 3 rings (SSSR count). The number of carbonyl (C=O) groups is 1. The van der Waals surface area contributed by atoms with Gasteiger partial charge in [0.1, 0.15) is 0 Å². The average Bonchev–Trinajstić information content (AvgIpc) is 3.00. The van der Waals surface area contributed by atoms with Gasteiger partial charge in [-0.15, -0.1) is 0 Å². The van der Waals surface area contributed by atoms with Crippen LogP contribution in [-0.4, -0.2) is 16.8 Å². The summed E-state index contributed by atoms with van der Waals surface area (Å²) >= 11 is 3.13. The Hall–Kier alpha value is -1.79. The molecule has 0 fully saturated rings. The first-order valence-electron chi connectivity index (χ1n) is 6.99. The number of hydrogen-bond donors (Lipinski definition) is 2. The molecule has 0 bridgehead atoms. The zero-order chi connectivity index (χ0) is 15.6. The fourth-order valence-electron chi connectivity index (χ4n) is 2.43. The minimum absolute atomic E-state index is 0.106. The van der Waals surface area contributed by atoms with Crippen LogP contribution in [0.3, 0.4) is 0 Å². The van der Waals surface area contributed by atoms with Crippen molar-refractivity contribution in [2.75, 3.05) is 11.1 Å². The summed E-state index contributed by atoms with van der Waals surface area (Å²) in [5.41, 5.74) is 8.00. The molecular formula is C16H17N3OS2. The maximum atomic E-state index is 12.3. The highest BCUT2D eigenvalue weighted by Crippen LogP contribution is 2.35. The molecule has 3 N–H and O–H groups in total. The van der Waals surface area contributed by atoms with E-state index < -0.39 is 0 Å². The molecule has 2 heterocycles. The quantitative estimate of drug-likeness (QED) is 0.902. The average molecular weight is 331 g/mol. The summed E-state index contributed by atoms with van der Waals surface area (Å²) < 4.78 is 0. The number of amides is 1. The summed E-state index contributed by atoms with van der Waals surface area (Å²) in [6.07, 6.45) is 0.911. The number of hydrogen-bond acceptors (Lipinski definition) is 5. The fourth-order valence-corrected chi connectivity index (χ4v) is 3.99. The number of nitrogens with zero attached hydrogens (tertiary/aromatic N) is 1. The second-order valence-electron chi connectivity index (χ2n) is 5.37. The van der Waals surface area contributed by atoms with E-state index >= 15 is 0 Å². The van der Waals surface area contributed by atoms with Gasteiger partial charge in [-0.3, -0.25) is 9.79 Å². The van der Waals surface area contributed by atoms with Gasteiger partial charge in [-0.25, -0.2) is 0 Å². The van der Waals surface area contributed by atoms with Crippen LogP contribution in [0.4, 0.5) is 5.69 Å². The maximum Gasteiger partial charge on any atom is 0.255 e. The van der Waals surface area contributed by atoms with E-state index in [0.29, 0.717) is 10.7 Å². The highest BCUT2D eigenvalue weighted by atomic mass is 32.2. The summed E-state index contributed by atoms with van der Waals surface area (Å²) in [4.78, 5) is 16.9. The summed E-state index contributed by atoms with van der Waals surface area (Å²) in [5.74, 6) is 0.836. The van der Waals surface area contributed by atoms with Gasteiger partial charge in [-0.05, 0) is 42.5 Å². The van der Waals surface area contributed by atoms with Crippen LogP contribution in [0.5, 0.6) is 0 Å². The highest BCUT2D eigenvalue weighted by Gasteiger charge is 2.29. The van der Waals surface area contributed by atoms with Crippen molar-refractivity contribution in [3.8, 4) is 0 Å². The number of carbonyl (C=O) groups excluding carboxylic acids is 1. The lowest BCUT2D eigenvalue weighted by molar-refractivity contribution is 0.102. The Balaban J connectivity index is 1.86. The molecule has 1 atom stereocenters. The van der Waals surface area contributed by atoms with Crippen LogP contribution in [0.2, 0.25) is 0 Å². The fraction of sp³-hybridized carbons (Fsp3) is 0.250. The minimum atomic E-state index is -0.353. The Labute approximate surface area is 137 Å². The molecule has 0 radical (unpaired) electrons. The first-order chi connectivity index (χ1) is 10.6. The Morgan fingerprint density at radius 1 is 1.41 bits per heavy atom. The van der Waals surface area contributed by atoms with Crippen LogP contribution in [0, 0.1) is 0 Å². The molecule has 1 aromatic heterocycles. The number of nitrogens with two attached hydrogens (primary N) is 1. The lowest BCUT2D eigenvalue weighted by Gasteiger charge is -2.30. The van der Waals surface area contributed by atoms with E-state index in [1.807, 2.05) is 41.1 Å². The summed E-state index contributed by atoms with van der Waals surface area (Å²) in [6, 6.07) is 9.52. The van der Waals surface area contributed by atoms with E-state index in [0.717, 1.165) is 23.4 Å². The van der Waals surface area contributed by atoms with E-state index in [9.17, 15) is 4.79 Å². The smallest absolute Gasteiger partial charge is 0.255 e. The topological polar surface area (TPSA) is 67.5 Å². The number of thioether (sulfide) groups is 1. The number of nitrogens with one attached hydrogen (secondary N) is 1. The molecule has 1 aliphatic rings. The largest absolute Gasteiger partial charge is 0.379 e. The zero-order valence-corrected chi connectivity index (χ0v) is 13.8. The van der Waals surface area contributed by atoms with Gasteiger partial charge in [0.15, 0.2) is 5.17 Å². The van der Waals surface area contributed by atoms with Gasteiger partial charge < -0.3 is 11.1 Å². The second-order valence-corrected chi connectivity index (χ2v) is 7.26. The van der Waals surface area contributed by atoms with E-state index in [1.165, 1.54) is 0 Å². The molecule has 114 valence electrons. The van der Waals surface area contributed by atoms with E-state index in [2.05, 4.69) is 17.2 Å². The van der Waals surface area contributed by atoms with Crippen molar-refractivity contribution in [1.82, 2.24) is 0 Å². The Kier molecular flexibility index (Phi) is 4.22. The molecule has 1 unspecified atom stereocenters. The third kappa shape index (κ3) is 3.18. The Bertz CT molecular complexity index is 712. The van der Waals surface area contributed by atoms with Gasteiger partial charge in [0, 0.05) is 16.7 Å². The zero-order valence-electron chi connectivity index (χ0n) is 12.2. The molecule has 0 spiro atoms. The number of thiophene rings is 1. The van der Waals surface area contributed by atoms with Crippen LogP contribution in [0.25, 0.3) is 0 Å². The number of anilines is 1. The number of rotatable bonds is 3. The molecule has 1 aliphatic heterocycles. The molecule has 2 aromatic rings. The monoisotopic (exact) mass is 331 g/mol. The van der Waals surface area contributed by atoms with Crippen LogP contribution in [0.1, 0.15) is 29.3 Å². The highest BCUT2D eigenvalue weighted by molar-refractivity contribution is 8.13. The Morgan fingerprint density at radius 2 is 2.27 bits per heavy atom. The van der Waals surface area contributed by atoms with Crippen LogP contribution < -0.4 is 11.1 Å². The SMILES string of the molecule is CC1(c2cccc(C(=O)Nc3ccsc3)c2)CCSC(N)=N1. The third-order valence-electron chi connectivity index (χ3n) is 3.72. The van der Waals surface area contributed by atoms with Gasteiger partial charge in [-0.1, -0.05) is 23.9 Å². The predicted molar refractivity (Wildman–Crippen MR) is 94.8 cm³/mol. The van der Waals surface area contributed by atoms with Crippen LogP contribution in [-0.2, 0) is 5.54 Å². The number of amidine groups is 1. The van der Waals surface area contributed by atoms with Crippen LogP contribution in [0.15, 0.2) is 46.1 Å². The number of aliphatic imine (C=N–C) groups is 1. The molecule has 1 aromatic carbocycles. The summed E-state index contributed by atoms with van der Waals surface area (Å²) in [7, 11) is 0. The van der Waals surface area contributed by atoms with Crippen LogP contribution >= 0.6 is 23.1 Å². The molecule has 1 amide bonds. The van der Waals surface area contributed by atoms with Crippen molar-refractivity contribution in [2.24, 2.45) is 10.7 Å². The van der Waals surface area contributed by atoms with Crippen molar-refractivity contribution in [1.29, 1.82) is 0 Å². The molecule has 22 heavy (non-hydrogen) atoms. The lowest BCUT2D eigenvalue weighted by Crippen LogP contribution is -2.29. The van der Waals surface area contributed by atoms with Gasteiger partial charge in [0.25, 0.3) is 5.91 Å². The second kappa shape index (κ2) is 6.14. The Morgan fingerprint density at radius 3 is 3.00 bits per heavy atom. The summed E-state index contributed by atoms with van der Waals surface area (Å²) in [6.45, 7) is 2.06. The standard InChI is InChI=1S/C16H17N3OS2/c1-16(6-8-22-15(17)19-16)12-4-2-3-11(9-12)14(20)18-13-5-7-21-10-13/h2-5,7,9-10H,6,8H2,1H3,(H2,17,19)(H,18,20). The van der Waals surface area contributed by atoms with Crippen molar-refractivity contribution in [3.05, 3.63) is 52.2 Å². The van der Waals surface area contributed by atoms with E-state index in [1.54, 1.807) is 23.1 Å². The first kappa shape index (κ1) is 15.1. The molecule has 0 aliphatic carbocycles. The summed E-state index contributed by atoms with van der Waals surface area (Å²) in [5, 5.41) is 7.35. The first-order valence-corrected chi connectivity index (χ1v) is 8.92. The molecule has 0 saturated carbocycles. The molecule has 4 nitrogen and oxygen atoms in total. The lowest BCUT2D eigenvalue weighted by atomic mass is 9.88. The van der Waals surface area contributed by atoms with Crippen molar-refractivity contribution < 1.29 is 4.79 Å². The van der Waals surface area contributed by atoms with Gasteiger partial charge in [0.05, 0.1) is 11.2 Å². The molecule has 0 saturated heterocycles. The van der Waals surface area contributed by atoms with Crippen molar-refractivity contribution in [2.45, 2.75) is 18.9 Å². The predicted octanol–water partition coefficient (Wildman–Crippen LogP) is 3.67. The van der Waals surface area contributed by atoms with Crippen molar-refractivity contribution in [3.63, 3.8) is 0 Å². The molecule has 6 heteroatoms. The van der Waals surface area contributed by atoms with Gasteiger partial charge in [0.2, 0.25) is 0 Å². The maximum absolute atomic E-state index is 12.3. The van der Waals surface area contributed by atoms with Gasteiger partial charge in [-0.2, -0.15) is 11.3 Å². The van der Waals surface area contributed by atoms with Gasteiger partial charge >= 0.3 is 0 Å². The number of benzene rings is 1. The molecular weight excluding hydrogens is 314 g/mol. The third-order valence-corrected chi connectivity index (χ3v) is 5.20. The minimum Gasteiger partial charge on any atom is -0.379 e. The van der Waals surface area contributed by atoms with E-state index in [4.69, 9.17) is 5.73 Å². The van der Waals surface area contributed by atoms with E-state index in [-0.39, 0.29) is 11.4 Å². The normalized spacial score (nSPS) is 21.2. The van der Waals surface area contributed by atoms with Crippen molar-refractivity contribution >= 4 is 39.9 Å².